The highest BCUT2D eigenvalue weighted by Crippen LogP contribution is 2.43. The van der Waals surface area contributed by atoms with Crippen molar-refractivity contribution in [2.45, 2.75) is 26.8 Å². The summed E-state index contributed by atoms with van der Waals surface area (Å²) in [7, 11) is 0. The van der Waals surface area contributed by atoms with E-state index < -0.39 is 17.7 Å². The summed E-state index contributed by atoms with van der Waals surface area (Å²) in [4.78, 5) is 43.6. The number of ether oxygens (including phenoxy) is 2. The fraction of sp³-hybridized carbons (Fsp3) is 0.214. The molecule has 1 saturated heterocycles. The number of anilines is 2. The van der Waals surface area contributed by atoms with Crippen LogP contribution in [0.25, 0.3) is 5.76 Å². The maximum absolute atomic E-state index is 13.4. The average molecular weight is 502 g/mol. The van der Waals surface area contributed by atoms with E-state index in [1.807, 2.05) is 6.92 Å². The minimum Gasteiger partial charge on any atom is -0.507 e. The first-order chi connectivity index (χ1) is 17.8. The molecule has 1 unspecified atom stereocenters. The Kier molecular flexibility index (Phi) is 7.52. The summed E-state index contributed by atoms with van der Waals surface area (Å²) in [6.45, 7) is 5.82. The van der Waals surface area contributed by atoms with Crippen molar-refractivity contribution >= 4 is 34.7 Å². The van der Waals surface area contributed by atoms with Crippen molar-refractivity contribution in [2.75, 3.05) is 23.4 Å². The van der Waals surface area contributed by atoms with Gasteiger partial charge in [-0.05, 0) is 61.9 Å². The SMILES string of the molecule is CCOc1ccc(/C(O)=C2/C(=O)C(=O)N(c3ccc(NC(C)=O)cc3)C2c2cccnc2)c(OCC)c1. The van der Waals surface area contributed by atoms with E-state index in [-0.39, 0.29) is 22.8 Å². The fourth-order valence-electron chi connectivity index (χ4n) is 4.24. The molecular weight excluding hydrogens is 474 g/mol. The number of carbonyl (C=O) groups is 3. The van der Waals surface area contributed by atoms with Gasteiger partial charge in [-0.2, -0.15) is 0 Å². The van der Waals surface area contributed by atoms with E-state index in [0.29, 0.717) is 41.7 Å². The van der Waals surface area contributed by atoms with Crippen molar-refractivity contribution in [3.05, 3.63) is 83.7 Å². The Hall–Kier alpha value is -4.66. The maximum atomic E-state index is 13.4. The Morgan fingerprint density at radius 1 is 1.05 bits per heavy atom. The normalized spacial score (nSPS) is 16.5. The molecule has 9 nitrogen and oxygen atoms in total. The quantitative estimate of drug-likeness (QED) is 0.266. The Balaban J connectivity index is 1.87. The molecule has 4 rings (SSSR count). The first kappa shape index (κ1) is 25.4. The van der Waals surface area contributed by atoms with E-state index in [1.54, 1.807) is 73.9 Å². The van der Waals surface area contributed by atoms with Gasteiger partial charge in [-0.15, -0.1) is 0 Å². The molecule has 0 radical (unpaired) electrons. The van der Waals surface area contributed by atoms with Crippen LogP contribution in [0.1, 0.15) is 37.9 Å². The number of aromatic nitrogens is 1. The lowest BCUT2D eigenvalue weighted by molar-refractivity contribution is -0.132. The largest absolute Gasteiger partial charge is 0.507 e. The lowest BCUT2D eigenvalue weighted by Gasteiger charge is -2.25. The molecular formula is C28H27N3O6. The number of nitrogens with one attached hydrogen (secondary N) is 1. The molecule has 1 fully saturated rings. The van der Waals surface area contributed by atoms with Crippen molar-refractivity contribution in [2.24, 2.45) is 0 Å². The number of rotatable bonds is 8. The van der Waals surface area contributed by atoms with Crippen LogP contribution >= 0.6 is 0 Å². The van der Waals surface area contributed by atoms with Gasteiger partial charge in [0.05, 0.1) is 30.4 Å². The minimum atomic E-state index is -0.943. The first-order valence-corrected chi connectivity index (χ1v) is 11.8. The van der Waals surface area contributed by atoms with Crippen LogP contribution in [0.3, 0.4) is 0 Å². The Morgan fingerprint density at radius 3 is 2.41 bits per heavy atom. The number of benzene rings is 2. The van der Waals surface area contributed by atoms with Crippen molar-refractivity contribution < 1.29 is 29.0 Å². The summed E-state index contributed by atoms with van der Waals surface area (Å²) in [6.07, 6.45) is 3.13. The zero-order valence-electron chi connectivity index (χ0n) is 20.7. The van der Waals surface area contributed by atoms with Gasteiger partial charge < -0.3 is 19.9 Å². The molecule has 2 aromatic carbocycles. The van der Waals surface area contributed by atoms with Gasteiger partial charge in [0, 0.05) is 36.8 Å². The van der Waals surface area contributed by atoms with E-state index in [9.17, 15) is 19.5 Å². The molecule has 1 atom stereocenters. The molecule has 2 N–H and O–H groups in total. The molecule has 1 aliphatic heterocycles. The summed E-state index contributed by atoms with van der Waals surface area (Å²) in [5.74, 6) is -1.37. The second-order valence-electron chi connectivity index (χ2n) is 8.21. The number of pyridine rings is 1. The molecule has 0 bridgehead atoms. The molecule has 0 saturated carbocycles. The van der Waals surface area contributed by atoms with Crippen molar-refractivity contribution in [1.82, 2.24) is 4.98 Å². The first-order valence-electron chi connectivity index (χ1n) is 11.8. The molecule has 2 heterocycles. The van der Waals surface area contributed by atoms with Crippen molar-refractivity contribution in [3.63, 3.8) is 0 Å². The van der Waals surface area contributed by atoms with Crippen LogP contribution in [0.4, 0.5) is 11.4 Å². The van der Waals surface area contributed by atoms with Crippen molar-refractivity contribution in [3.8, 4) is 11.5 Å². The number of Topliss-reactive ketones (excluding diaryl/α,β-unsaturated/α-hetero) is 1. The highest BCUT2D eigenvalue weighted by molar-refractivity contribution is 6.51. The highest BCUT2D eigenvalue weighted by atomic mass is 16.5. The van der Waals surface area contributed by atoms with Crippen molar-refractivity contribution in [1.29, 1.82) is 0 Å². The van der Waals surface area contributed by atoms with E-state index in [0.717, 1.165) is 0 Å². The fourth-order valence-corrected chi connectivity index (χ4v) is 4.24. The van der Waals surface area contributed by atoms with E-state index in [2.05, 4.69) is 10.3 Å². The molecule has 1 aliphatic rings. The standard InChI is InChI=1S/C28H27N3O6/c1-4-36-21-12-13-22(23(15-21)37-5-2)26(33)24-25(18-7-6-14-29-16-18)31(28(35)27(24)34)20-10-8-19(9-11-20)30-17(3)32/h6-16,25,33H,4-5H2,1-3H3,(H,30,32)/b26-24-. The molecule has 2 amide bonds. The Labute approximate surface area is 214 Å². The zero-order valence-corrected chi connectivity index (χ0v) is 20.7. The maximum Gasteiger partial charge on any atom is 0.300 e. The van der Waals surface area contributed by atoms with Gasteiger partial charge in [0.1, 0.15) is 17.3 Å². The molecule has 1 aromatic heterocycles. The smallest absolute Gasteiger partial charge is 0.300 e. The second kappa shape index (κ2) is 10.9. The molecule has 0 aliphatic carbocycles. The van der Waals surface area contributed by atoms with Gasteiger partial charge in [0.2, 0.25) is 5.91 Å². The topological polar surface area (TPSA) is 118 Å². The number of ketones is 1. The van der Waals surface area contributed by atoms with Crippen LogP contribution in [-0.2, 0) is 14.4 Å². The predicted molar refractivity (Wildman–Crippen MR) is 139 cm³/mol. The highest BCUT2D eigenvalue weighted by Gasteiger charge is 2.47. The van der Waals surface area contributed by atoms with E-state index in [1.165, 1.54) is 11.8 Å². The zero-order chi connectivity index (χ0) is 26.5. The lowest BCUT2D eigenvalue weighted by atomic mass is 9.95. The Morgan fingerprint density at radius 2 is 1.78 bits per heavy atom. The van der Waals surface area contributed by atoms with Crippen LogP contribution in [0.2, 0.25) is 0 Å². The molecule has 0 spiro atoms. The number of amides is 2. The number of aliphatic hydroxyl groups excluding tert-OH is 1. The number of hydrogen-bond acceptors (Lipinski definition) is 7. The summed E-state index contributed by atoms with van der Waals surface area (Å²) in [6, 6.07) is 13.9. The number of carbonyl (C=O) groups excluding carboxylic acids is 3. The third-order valence-corrected chi connectivity index (χ3v) is 5.73. The molecule has 9 heteroatoms. The summed E-state index contributed by atoms with van der Waals surface area (Å²) < 4.78 is 11.3. The third kappa shape index (κ3) is 5.16. The number of hydrogen-bond donors (Lipinski definition) is 2. The monoisotopic (exact) mass is 501 g/mol. The van der Waals surface area contributed by atoms with Gasteiger partial charge in [0.25, 0.3) is 11.7 Å². The lowest BCUT2D eigenvalue weighted by Crippen LogP contribution is -2.29. The minimum absolute atomic E-state index is 0.0888. The predicted octanol–water partition coefficient (Wildman–Crippen LogP) is 4.46. The second-order valence-corrected chi connectivity index (χ2v) is 8.21. The third-order valence-electron chi connectivity index (χ3n) is 5.73. The average Bonchev–Trinajstić information content (AvgIpc) is 3.15. The summed E-state index contributed by atoms with van der Waals surface area (Å²) in [5.41, 5.74) is 1.67. The van der Waals surface area contributed by atoms with Crippen LogP contribution in [0.15, 0.2) is 72.6 Å². The van der Waals surface area contributed by atoms with Gasteiger partial charge in [0.15, 0.2) is 0 Å². The number of aliphatic hydroxyl groups is 1. The molecule has 3 aromatic rings. The number of nitrogens with zero attached hydrogens (tertiary/aromatic N) is 2. The molecule has 37 heavy (non-hydrogen) atoms. The van der Waals surface area contributed by atoms with Crippen LogP contribution in [0.5, 0.6) is 11.5 Å². The van der Waals surface area contributed by atoms with Crippen LogP contribution in [0, 0.1) is 0 Å². The Bertz CT molecular complexity index is 1350. The van der Waals surface area contributed by atoms with Gasteiger partial charge in [-0.3, -0.25) is 24.3 Å². The summed E-state index contributed by atoms with van der Waals surface area (Å²) >= 11 is 0. The van der Waals surface area contributed by atoms with Gasteiger partial charge in [-0.1, -0.05) is 6.07 Å². The van der Waals surface area contributed by atoms with E-state index >= 15 is 0 Å². The summed E-state index contributed by atoms with van der Waals surface area (Å²) in [5, 5.41) is 14.1. The van der Waals surface area contributed by atoms with E-state index in [4.69, 9.17) is 9.47 Å². The van der Waals surface area contributed by atoms with Gasteiger partial charge >= 0.3 is 0 Å². The van der Waals surface area contributed by atoms with Gasteiger partial charge in [-0.25, -0.2) is 0 Å². The molecule has 190 valence electrons. The van der Waals surface area contributed by atoms with Crippen LogP contribution < -0.4 is 19.7 Å². The van der Waals surface area contributed by atoms with Crippen LogP contribution in [-0.4, -0.2) is 40.9 Å².